The molecular weight excluding hydrogens is 569 g/mol. The molecule has 2 fully saturated rings. The van der Waals surface area contributed by atoms with Crippen LogP contribution in [-0.2, 0) is 33.9 Å². The second-order valence-corrected chi connectivity index (χ2v) is 11.2. The molecule has 2 atom stereocenters. The minimum absolute atomic E-state index is 0.00154. The van der Waals surface area contributed by atoms with Crippen molar-refractivity contribution in [3.63, 3.8) is 0 Å². The maximum atomic E-state index is 14.2. The Hall–Kier alpha value is -3.62. The number of nitrogens with zero attached hydrogens (tertiary/aromatic N) is 5. The Labute approximate surface area is 247 Å². The van der Waals surface area contributed by atoms with E-state index in [0.717, 1.165) is 27.2 Å². The van der Waals surface area contributed by atoms with Crippen LogP contribution in [0.2, 0.25) is 0 Å². The highest BCUT2D eigenvalue weighted by molar-refractivity contribution is 5.80. The Morgan fingerprint density at radius 3 is 2.47 bits per heavy atom. The van der Waals surface area contributed by atoms with Crippen LogP contribution in [0.25, 0.3) is 0 Å². The zero-order valence-corrected chi connectivity index (χ0v) is 24.3. The van der Waals surface area contributed by atoms with Gasteiger partial charge in [0.15, 0.2) is 17.8 Å². The third-order valence-corrected chi connectivity index (χ3v) is 7.83. The van der Waals surface area contributed by atoms with Gasteiger partial charge in [-0.15, -0.1) is 5.06 Å². The number of nitrogens with one attached hydrogen (secondary N) is 1. The molecule has 1 N–H and O–H groups in total. The van der Waals surface area contributed by atoms with Crippen molar-refractivity contribution >= 4 is 17.5 Å². The lowest BCUT2D eigenvalue weighted by atomic mass is 10.1. The van der Waals surface area contributed by atoms with Crippen LogP contribution in [0.4, 0.5) is 24.7 Å². The summed E-state index contributed by atoms with van der Waals surface area (Å²) in [6.07, 6.45) is -3.16. The number of aryl methyl sites for hydroxylation is 1. The summed E-state index contributed by atoms with van der Waals surface area (Å²) < 4.78 is 49.0. The number of fused-ring (bicyclic) bond motifs is 1. The number of hydrogen-bond acceptors (Lipinski definition) is 9. The number of rotatable bonds is 9. The molecular formula is C29H37F3N6O5. The van der Waals surface area contributed by atoms with Crippen molar-refractivity contribution in [1.82, 2.24) is 19.4 Å². The fourth-order valence-corrected chi connectivity index (χ4v) is 5.70. The molecule has 0 aliphatic carbocycles. The van der Waals surface area contributed by atoms with E-state index in [1.807, 2.05) is 55.2 Å². The Kier molecular flexibility index (Phi) is 9.28. The van der Waals surface area contributed by atoms with Crippen LogP contribution in [0.15, 0.2) is 51.6 Å². The molecule has 5 rings (SSSR count). The van der Waals surface area contributed by atoms with E-state index >= 15 is 0 Å². The molecule has 14 heteroatoms. The number of anilines is 2. The maximum absolute atomic E-state index is 14.2. The van der Waals surface area contributed by atoms with Gasteiger partial charge in [0.05, 0.1) is 12.6 Å². The van der Waals surface area contributed by atoms with Crippen molar-refractivity contribution in [1.29, 1.82) is 0 Å². The van der Waals surface area contributed by atoms with E-state index in [1.165, 1.54) is 4.57 Å². The summed E-state index contributed by atoms with van der Waals surface area (Å²) >= 11 is 0. The number of aromatic nitrogens is 2. The van der Waals surface area contributed by atoms with E-state index in [0.29, 0.717) is 45.6 Å². The number of alkyl halides is 3. The van der Waals surface area contributed by atoms with Gasteiger partial charge in [0.2, 0.25) is 0 Å². The van der Waals surface area contributed by atoms with Gasteiger partial charge in [-0.3, -0.25) is 18.8 Å². The van der Waals surface area contributed by atoms with Gasteiger partial charge in [0.1, 0.15) is 0 Å². The van der Waals surface area contributed by atoms with Crippen molar-refractivity contribution in [2.75, 3.05) is 49.3 Å². The molecule has 43 heavy (non-hydrogen) atoms. The average molecular weight is 607 g/mol. The number of ether oxygens (including phenoxy) is 1. The minimum Gasteiger partial charge on any atom is -0.376 e. The number of allylic oxidation sites excluding steroid dienone is 1. The number of halogens is 3. The molecule has 4 heterocycles. The van der Waals surface area contributed by atoms with Crippen molar-refractivity contribution in [3.8, 4) is 0 Å². The van der Waals surface area contributed by atoms with Crippen LogP contribution >= 0.6 is 0 Å². The lowest BCUT2D eigenvalue weighted by Crippen LogP contribution is -2.61. The first-order chi connectivity index (χ1) is 20.6. The molecule has 0 amide bonds. The average Bonchev–Trinajstić information content (AvgIpc) is 3.60. The SMILES string of the molecule is CC(C)=CCN1c2c(n(CC3CCCO3)c(=O)n(CCc3ccccc3)c2=O)N(OC(=O)C(F)(F)F)C1N1CCNCC1. The fourth-order valence-electron chi connectivity index (χ4n) is 5.70. The number of carbonyl (C=O) groups excluding carboxylic acids is 1. The number of benzene rings is 1. The second kappa shape index (κ2) is 12.9. The zero-order valence-electron chi connectivity index (χ0n) is 24.3. The Balaban J connectivity index is 1.71. The monoisotopic (exact) mass is 606 g/mol. The summed E-state index contributed by atoms with van der Waals surface area (Å²) in [6.45, 7) is 6.28. The highest BCUT2D eigenvalue weighted by Crippen LogP contribution is 2.39. The molecule has 234 valence electrons. The van der Waals surface area contributed by atoms with Crippen LogP contribution in [0.1, 0.15) is 32.3 Å². The largest absolute Gasteiger partial charge is 0.493 e. The van der Waals surface area contributed by atoms with E-state index in [4.69, 9.17) is 9.57 Å². The quantitative estimate of drug-likeness (QED) is 0.431. The van der Waals surface area contributed by atoms with E-state index in [9.17, 15) is 27.6 Å². The predicted molar refractivity (Wildman–Crippen MR) is 154 cm³/mol. The van der Waals surface area contributed by atoms with Gasteiger partial charge in [-0.25, -0.2) is 9.59 Å². The van der Waals surface area contributed by atoms with E-state index in [1.54, 1.807) is 4.90 Å². The first-order valence-corrected chi connectivity index (χ1v) is 14.5. The van der Waals surface area contributed by atoms with Crippen molar-refractivity contribution in [2.45, 2.75) is 64.8 Å². The molecule has 1 aromatic carbocycles. The molecule has 2 saturated heterocycles. The van der Waals surface area contributed by atoms with Gasteiger partial charge in [0, 0.05) is 45.9 Å². The highest BCUT2D eigenvalue weighted by Gasteiger charge is 2.51. The topological polar surface area (TPSA) is 101 Å². The van der Waals surface area contributed by atoms with Crippen molar-refractivity contribution in [2.24, 2.45) is 0 Å². The summed E-state index contributed by atoms with van der Waals surface area (Å²) in [5.74, 6) is -2.61. The van der Waals surface area contributed by atoms with Gasteiger partial charge >= 0.3 is 17.8 Å². The minimum atomic E-state index is -5.30. The summed E-state index contributed by atoms with van der Waals surface area (Å²) in [5, 5.41) is 4.02. The molecule has 0 bridgehead atoms. The van der Waals surface area contributed by atoms with Crippen molar-refractivity contribution < 1.29 is 27.5 Å². The van der Waals surface area contributed by atoms with Gasteiger partial charge in [0.25, 0.3) is 5.56 Å². The summed E-state index contributed by atoms with van der Waals surface area (Å²) in [4.78, 5) is 49.2. The number of piperazine rings is 1. The van der Waals surface area contributed by atoms with Gasteiger partial charge < -0.3 is 19.8 Å². The van der Waals surface area contributed by atoms with Crippen LogP contribution in [-0.4, -0.2) is 77.9 Å². The van der Waals surface area contributed by atoms with E-state index in [2.05, 4.69) is 5.32 Å². The molecule has 0 saturated carbocycles. The van der Waals surface area contributed by atoms with Gasteiger partial charge in [-0.05, 0) is 38.7 Å². The molecule has 2 aromatic rings. The van der Waals surface area contributed by atoms with E-state index in [-0.39, 0.29) is 31.1 Å². The second-order valence-electron chi connectivity index (χ2n) is 11.2. The maximum Gasteiger partial charge on any atom is 0.493 e. The van der Waals surface area contributed by atoms with Gasteiger partial charge in [-0.2, -0.15) is 13.2 Å². The Morgan fingerprint density at radius 1 is 1.12 bits per heavy atom. The first-order valence-electron chi connectivity index (χ1n) is 14.5. The fraction of sp³-hybridized carbons (Fsp3) is 0.552. The molecule has 1 aromatic heterocycles. The number of hydroxylamine groups is 1. The molecule has 3 aliphatic heterocycles. The van der Waals surface area contributed by atoms with E-state index < -0.39 is 35.8 Å². The lowest BCUT2D eigenvalue weighted by Gasteiger charge is -2.40. The smallest absolute Gasteiger partial charge is 0.376 e. The molecule has 2 unspecified atom stereocenters. The molecule has 3 aliphatic rings. The number of carbonyl (C=O) groups is 1. The zero-order chi connectivity index (χ0) is 30.7. The summed E-state index contributed by atoms with van der Waals surface area (Å²) in [6, 6.07) is 9.38. The summed E-state index contributed by atoms with van der Waals surface area (Å²) in [7, 11) is 0. The van der Waals surface area contributed by atoms with Crippen LogP contribution < -0.4 is 26.5 Å². The van der Waals surface area contributed by atoms with Crippen molar-refractivity contribution in [3.05, 3.63) is 68.4 Å². The first kappa shape index (κ1) is 30.8. The third-order valence-electron chi connectivity index (χ3n) is 7.83. The van der Waals surface area contributed by atoms with Crippen LogP contribution in [0.3, 0.4) is 0 Å². The third kappa shape index (κ3) is 6.65. The normalized spacial score (nSPS) is 20.8. The van der Waals surface area contributed by atoms with Crippen LogP contribution in [0.5, 0.6) is 0 Å². The Morgan fingerprint density at radius 2 is 1.84 bits per heavy atom. The standard InChI is InChI=1S/C29H37F3N6O5/c1-20(2)10-14-35-23-24(38(43-26(40)29(30,31)32)27(35)34-16-12-33-13-17-34)37(19-22-9-6-18-42-22)28(41)36(25(23)39)15-11-21-7-4-3-5-8-21/h3-5,7-8,10,22,27,33H,6,9,11-19H2,1-2H3. The summed E-state index contributed by atoms with van der Waals surface area (Å²) in [5.41, 5.74) is 0.477. The molecule has 0 spiro atoms. The molecule has 0 radical (unpaired) electrons. The highest BCUT2D eigenvalue weighted by atomic mass is 19.4. The van der Waals surface area contributed by atoms with Gasteiger partial charge in [-0.1, -0.05) is 42.0 Å². The molecule has 11 nitrogen and oxygen atoms in total. The van der Waals surface area contributed by atoms with Crippen LogP contribution in [0, 0.1) is 0 Å². The Bertz CT molecular complexity index is 1440. The lowest BCUT2D eigenvalue weighted by molar-refractivity contribution is -0.203. The predicted octanol–water partition coefficient (Wildman–Crippen LogP) is 2.23. The number of hydrogen-bond donors (Lipinski definition) is 1.